The van der Waals surface area contributed by atoms with Gasteiger partial charge in [-0.2, -0.15) is 5.10 Å². The van der Waals surface area contributed by atoms with E-state index in [1.165, 1.54) is 42.7 Å². The Morgan fingerprint density at radius 2 is 2.00 bits per heavy atom. The number of nitrogens with two attached hydrogens (primary N) is 2. The second-order valence-corrected chi connectivity index (χ2v) is 7.38. The Morgan fingerprint density at radius 1 is 1.25 bits per heavy atom. The molecule has 2 aromatic rings. The van der Waals surface area contributed by atoms with Gasteiger partial charge in [0.25, 0.3) is 5.91 Å². The molecule has 24 heavy (non-hydrogen) atoms. The van der Waals surface area contributed by atoms with Crippen LogP contribution >= 0.6 is 11.3 Å². The van der Waals surface area contributed by atoms with Gasteiger partial charge < -0.3 is 11.5 Å². The van der Waals surface area contributed by atoms with Crippen molar-refractivity contribution in [2.45, 2.75) is 44.6 Å². The van der Waals surface area contributed by atoms with E-state index in [0.717, 1.165) is 28.8 Å². The fourth-order valence-electron chi connectivity index (χ4n) is 3.92. The van der Waals surface area contributed by atoms with Crippen LogP contribution in [0.5, 0.6) is 0 Å². The molecule has 1 saturated carbocycles. The highest BCUT2D eigenvalue weighted by atomic mass is 32.1. The van der Waals surface area contributed by atoms with E-state index in [9.17, 15) is 9.59 Å². The molecule has 2 aromatic heterocycles. The number of thiophene rings is 1. The SMILES string of the molecule is NC(=O)Nc1sc2c(c1C(N)=O)CCc1c-2cnn1C1CCCC1. The summed E-state index contributed by atoms with van der Waals surface area (Å²) in [6.45, 7) is 0. The molecule has 4 rings (SSSR count). The first-order chi connectivity index (χ1) is 11.6. The molecule has 0 atom stereocenters. The largest absolute Gasteiger partial charge is 0.365 e. The first-order valence-electron chi connectivity index (χ1n) is 8.15. The number of carbonyl (C=O) groups excluding carboxylic acids is 2. The van der Waals surface area contributed by atoms with Gasteiger partial charge >= 0.3 is 6.03 Å². The molecule has 7 nitrogen and oxygen atoms in total. The third kappa shape index (κ3) is 2.29. The lowest BCUT2D eigenvalue weighted by Gasteiger charge is -2.19. The highest BCUT2D eigenvalue weighted by Crippen LogP contribution is 2.46. The molecule has 0 aliphatic heterocycles. The van der Waals surface area contributed by atoms with Crippen molar-refractivity contribution in [3.05, 3.63) is 23.0 Å². The molecule has 2 heterocycles. The molecule has 0 radical (unpaired) electrons. The van der Waals surface area contributed by atoms with E-state index in [2.05, 4.69) is 15.1 Å². The van der Waals surface area contributed by atoms with Gasteiger partial charge in [-0.05, 0) is 31.2 Å². The molecule has 0 saturated heterocycles. The number of nitrogens with one attached hydrogen (secondary N) is 1. The summed E-state index contributed by atoms with van der Waals surface area (Å²) in [5.41, 5.74) is 14.3. The summed E-state index contributed by atoms with van der Waals surface area (Å²) in [5.74, 6) is -0.539. The molecule has 126 valence electrons. The molecule has 0 aromatic carbocycles. The third-order valence-electron chi connectivity index (χ3n) is 4.92. The molecule has 2 aliphatic rings. The molecule has 0 bridgehead atoms. The van der Waals surface area contributed by atoms with E-state index in [1.807, 2.05) is 6.20 Å². The van der Waals surface area contributed by atoms with Crippen LogP contribution in [-0.4, -0.2) is 21.7 Å². The fourth-order valence-corrected chi connectivity index (χ4v) is 5.20. The Hall–Kier alpha value is -2.35. The second kappa shape index (κ2) is 5.62. The molecule has 3 amide bonds. The Balaban J connectivity index is 1.81. The fraction of sp³-hybridized carbons (Fsp3) is 0.438. The summed E-state index contributed by atoms with van der Waals surface area (Å²) in [7, 11) is 0. The van der Waals surface area contributed by atoms with Crippen molar-refractivity contribution in [2.24, 2.45) is 11.5 Å². The highest BCUT2D eigenvalue weighted by Gasteiger charge is 2.31. The van der Waals surface area contributed by atoms with Crippen LogP contribution in [0, 0.1) is 0 Å². The van der Waals surface area contributed by atoms with Gasteiger partial charge in [0.05, 0.1) is 17.8 Å². The lowest BCUT2D eigenvalue weighted by Crippen LogP contribution is -2.22. The number of fused-ring (bicyclic) bond motifs is 3. The maximum absolute atomic E-state index is 11.9. The average molecular weight is 345 g/mol. The number of amides is 3. The quantitative estimate of drug-likeness (QED) is 0.793. The number of hydrogen-bond donors (Lipinski definition) is 3. The van der Waals surface area contributed by atoms with Crippen LogP contribution in [-0.2, 0) is 12.8 Å². The van der Waals surface area contributed by atoms with Gasteiger partial charge in [-0.3, -0.25) is 14.8 Å². The van der Waals surface area contributed by atoms with Gasteiger partial charge in [0.2, 0.25) is 0 Å². The van der Waals surface area contributed by atoms with E-state index in [0.29, 0.717) is 16.6 Å². The highest BCUT2D eigenvalue weighted by molar-refractivity contribution is 7.20. The minimum Gasteiger partial charge on any atom is -0.365 e. The van der Waals surface area contributed by atoms with Crippen LogP contribution in [0.4, 0.5) is 9.80 Å². The van der Waals surface area contributed by atoms with Crippen LogP contribution in [0.25, 0.3) is 10.4 Å². The van der Waals surface area contributed by atoms with Crippen molar-refractivity contribution in [3.8, 4) is 10.4 Å². The Morgan fingerprint density at radius 3 is 2.67 bits per heavy atom. The minimum atomic E-state index is -0.696. The zero-order chi connectivity index (χ0) is 16.8. The summed E-state index contributed by atoms with van der Waals surface area (Å²) in [4.78, 5) is 24.1. The topological polar surface area (TPSA) is 116 Å². The number of hydrogen-bond acceptors (Lipinski definition) is 4. The van der Waals surface area contributed by atoms with Crippen LogP contribution in [0.3, 0.4) is 0 Å². The smallest absolute Gasteiger partial charge is 0.317 e. The van der Waals surface area contributed by atoms with Crippen molar-refractivity contribution in [1.29, 1.82) is 0 Å². The van der Waals surface area contributed by atoms with Gasteiger partial charge in [-0.15, -0.1) is 11.3 Å². The van der Waals surface area contributed by atoms with E-state index >= 15 is 0 Å². The number of rotatable bonds is 3. The van der Waals surface area contributed by atoms with Crippen LogP contribution in [0.15, 0.2) is 6.20 Å². The number of carbonyl (C=O) groups is 2. The molecule has 5 N–H and O–H groups in total. The minimum absolute atomic E-state index is 0.382. The normalized spacial score (nSPS) is 16.7. The molecule has 2 aliphatic carbocycles. The van der Waals surface area contributed by atoms with E-state index in [1.54, 1.807) is 0 Å². The Labute approximate surface area is 143 Å². The Bertz CT molecular complexity index is 832. The summed E-state index contributed by atoms with van der Waals surface area (Å²) in [5, 5.41) is 7.58. The molecular weight excluding hydrogens is 326 g/mol. The summed E-state index contributed by atoms with van der Waals surface area (Å²) < 4.78 is 2.16. The number of aromatic nitrogens is 2. The zero-order valence-corrected chi connectivity index (χ0v) is 14.0. The van der Waals surface area contributed by atoms with Crippen LogP contribution in [0.1, 0.15) is 53.3 Å². The predicted molar refractivity (Wildman–Crippen MR) is 92.2 cm³/mol. The van der Waals surface area contributed by atoms with Crippen molar-refractivity contribution >= 4 is 28.3 Å². The number of anilines is 1. The summed E-state index contributed by atoms with van der Waals surface area (Å²) >= 11 is 1.35. The number of primary amides is 2. The summed E-state index contributed by atoms with van der Waals surface area (Å²) in [6.07, 6.45) is 8.27. The summed E-state index contributed by atoms with van der Waals surface area (Å²) in [6, 6.07) is -0.216. The van der Waals surface area contributed by atoms with Gasteiger partial charge in [-0.25, -0.2) is 4.79 Å². The third-order valence-corrected chi connectivity index (χ3v) is 6.10. The molecule has 0 unspecified atom stereocenters. The molecule has 1 fully saturated rings. The van der Waals surface area contributed by atoms with Crippen molar-refractivity contribution in [1.82, 2.24) is 9.78 Å². The van der Waals surface area contributed by atoms with Crippen molar-refractivity contribution in [3.63, 3.8) is 0 Å². The molecular formula is C16H19N5O2S. The van der Waals surface area contributed by atoms with Crippen molar-refractivity contribution < 1.29 is 9.59 Å². The molecule has 0 spiro atoms. The lowest BCUT2D eigenvalue weighted by molar-refractivity contribution is 0.100. The van der Waals surface area contributed by atoms with Gasteiger partial charge in [0, 0.05) is 16.1 Å². The maximum atomic E-state index is 11.9. The number of nitrogens with zero attached hydrogens (tertiary/aromatic N) is 2. The number of urea groups is 1. The van der Waals surface area contributed by atoms with E-state index in [-0.39, 0.29) is 0 Å². The first-order valence-corrected chi connectivity index (χ1v) is 8.96. The first kappa shape index (κ1) is 15.2. The van der Waals surface area contributed by atoms with Gasteiger partial charge in [0.15, 0.2) is 0 Å². The maximum Gasteiger partial charge on any atom is 0.317 e. The Kier molecular flexibility index (Phi) is 3.56. The van der Waals surface area contributed by atoms with Crippen molar-refractivity contribution in [2.75, 3.05) is 5.32 Å². The van der Waals surface area contributed by atoms with E-state index in [4.69, 9.17) is 11.5 Å². The molecule has 8 heteroatoms. The average Bonchev–Trinajstić information content (AvgIpc) is 3.22. The zero-order valence-electron chi connectivity index (χ0n) is 13.2. The van der Waals surface area contributed by atoms with Crippen LogP contribution < -0.4 is 16.8 Å². The standard InChI is InChI=1S/C16H19N5O2S/c17-14(22)12-9-5-6-11-10(13(9)24-15(12)20-16(18)23)7-19-21(11)8-3-1-2-4-8/h7-8H,1-6H2,(H2,17,22)(H3,18,20,23). The van der Waals surface area contributed by atoms with Crippen LogP contribution in [0.2, 0.25) is 0 Å². The lowest BCUT2D eigenvalue weighted by atomic mass is 9.93. The monoisotopic (exact) mass is 345 g/mol. The second-order valence-electron chi connectivity index (χ2n) is 6.36. The van der Waals surface area contributed by atoms with Gasteiger partial charge in [0.1, 0.15) is 5.00 Å². The predicted octanol–water partition coefficient (Wildman–Crippen LogP) is 2.41. The van der Waals surface area contributed by atoms with Gasteiger partial charge in [-0.1, -0.05) is 12.8 Å². The van der Waals surface area contributed by atoms with E-state index < -0.39 is 11.9 Å².